The number of rotatable bonds is 21. The molecule has 0 spiro atoms. The second-order valence-electron chi connectivity index (χ2n) is 24.0. The number of carbonyl (C=O) groups excluding carboxylic acids is 10. The molecule has 24 heteroatoms. The third-order valence-electron chi connectivity index (χ3n) is 15.2. The van der Waals surface area contributed by atoms with Gasteiger partial charge in [-0.1, -0.05) is 143 Å². The number of Topliss-reactive ketones (excluding diaryl/α,β-unsaturated/α-hetero) is 2. The number of amides is 4. The summed E-state index contributed by atoms with van der Waals surface area (Å²) in [4.78, 5) is 124. The minimum Gasteiger partial charge on any atom is -0.462 e. The van der Waals surface area contributed by atoms with Crippen molar-refractivity contribution in [2.24, 2.45) is 5.73 Å². The molecule has 4 aromatic rings. The van der Waals surface area contributed by atoms with Gasteiger partial charge in [-0.15, -0.1) is 0 Å². The van der Waals surface area contributed by atoms with Gasteiger partial charge in [0.15, 0.2) is 0 Å². The summed E-state index contributed by atoms with van der Waals surface area (Å²) in [6.07, 6.45) is 9.40. The van der Waals surface area contributed by atoms with Gasteiger partial charge in [-0.05, 0) is 126 Å². The van der Waals surface area contributed by atoms with E-state index in [2.05, 4.69) is 32.3 Å². The van der Waals surface area contributed by atoms with Gasteiger partial charge in [0.05, 0.1) is 24.4 Å². The molecular weight excluding hydrogens is 1220 g/mol. The Hall–Kier alpha value is -9.50. The first kappa shape index (κ1) is 77.9. The molecule has 3 aliphatic carbocycles. The van der Waals surface area contributed by atoms with Crippen LogP contribution in [0, 0.1) is 0 Å². The summed E-state index contributed by atoms with van der Waals surface area (Å²) in [5, 5.41) is 5.04. The number of benzene rings is 4. The van der Waals surface area contributed by atoms with Gasteiger partial charge in [0.2, 0.25) is 23.4 Å². The topological polar surface area (TPSA) is 352 Å². The number of hydrogen-bond acceptors (Lipinski definition) is 17. The normalized spacial score (nSPS) is 16.0. The standard InChI is InChI=1S/C24H25N3O5.C23H23NO5.C9H15N3O3.C8H13NO3.C6H12.CH4/c1-15(2)32-23(29)22(12-11-16(28)13-26-25)27-24(30)31-14-21-19-9-5-3-7-17(19)18-8-4-6-10-20(18)21;1-14(2)29-22(26)20-11-12-21(25)24(20)23(27)28-13-19-17-9-5-3-7-15(17)16-8-4-6-10-18(16)19;1-6(2)15-9(14)8(10)4-3-7(13)5-12-11;1-5(2)12-8(11)6-3-4-7(10)9-6;1-2-4-6-5-3-1;/h3-10,13,15,21-22H,11-12,14H2,1-2H3,(H,27,30);3-10,14,19-20H,11-13H2,1-2H3;5-6,8H,3-4,10H2,1-2H3;5-6H,3-4H2,1-2H3,(H,9,10);1-6H2;1H4. The molecule has 24 nitrogen and oxygen atoms in total. The highest BCUT2D eigenvalue weighted by molar-refractivity contribution is 6.25. The van der Waals surface area contributed by atoms with E-state index in [0.717, 1.165) is 61.8 Å². The number of ketones is 2. The first-order chi connectivity index (χ1) is 44.9. The highest BCUT2D eigenvalue weighted by atomic mass is 16.6. The first-order valence-electron chi connectivity index (χ1n) is 32.0. The van der Waals surface area contributed by atoms with Gasteiger partial charge in [0.1, 0.15) is 37.4 Å². The van der Waals surface area contributed by atoms with Gasteiger partial charge in [0.25, 0.3) is 0 Å². The first-order valence-corrected chi connectivity index (χ1v) is 32.0. The average molecular weight is 1310 g/mol. The van der Waals surface area contributed by atoms with E-state index in [1.165, 1.54) is 38.5 Å². The van der Waals surface area contributed by atoms with Crippen LogP contribution in [0.5, 0.6) is 0 Å². The summed E-state index contributed by atoms with van der Waals surface area (Å²) < 4.78 is 31.1. The Balaban J connectivity index is 0.000000277. The summed E-state index contributed by atoms with van der Waals surface area (Å²) >= 11 is 0. The Morgan fingerprint density at radius 1 is 0.558 bits per heavy atom. The zero-order valence-electron chi connectivity index (χ0n) is 54.8. The van der Waals surface area contributed by atoms with Crippen molar-refractivity contribution in [2.75, 3.05) is 13.2 Å². The molecule has 4 atom stereocenters. The molecule has 0 bridgehead atoms. The van der Waals surface area contributed by atoms with Crippen LogP contribution in [0.15, 0.2) is 97.1 Å². The highest BCUT2D eigenvalue weighted by Gasteiger charge is 2.43. The maximum Gasteiger partial charge on any atom is 0.417 e. The smallest absolute Gasteiger partial charge is 0.417 e. The van der Waals surface area contributed by atoms with Gasteiger partial charge in [-0.2, -0.15) is 9.58 Å². The minimum atomic E-state index is -1.07. The summed E-state index contributed by atoms with van der Waals surface area (Å²) in [6, 6.07) is 28.8. The average Bonchev–Trinajstić information content (AvgIpc) is 1.63. The molecule has 4 N–H and O–H groups in total. The molecule has 4 aromatic carbocycles. The van der Waals surface area contributed by atoms with Crippen molar-refractivity contribution in [3.8, 4) is 22.3 Å². The van der Waals surface area contributed by atoms with Crippen LogP contribution in [0.1, 0.15) is 187 Å². The van der Waals surface area contributed by atoms with E-state index in [-0.39, 0.29) is 113 Å². The minimum absolute atomic E-state index is 0. The number of imide groups is 1. The van der Waals surface area contributed by atoms with E-state index in [1.54, 1.807) is 55.4 Å². The fourth-order valence-electron chi connectivity index (χ4n) is 10.9. The maximum atomic E-state index is 12.7. The highest BCUT2D eigenvalue weighted by Crippen LogP contribution is 2.46. The fourth-order valence-corrected chi connectivity index (χ4v) is 10.9. The third-order valence-corrected chi connectivity index (χ3v) is 15.2. The van der Waals surface area contributed by atoms with Crippen LogP contribution in [0.4, 0.5) is 9.59 Å². The number of fused-ring (bicyclic) bond motifs is 6. The molecule has 4 amide bonds. The van der Waals surface area contributed by atoms with Crippen LogP contribution < -0.4 is 16.4 Å². The molecule has 3 fully saturated rings. The van der Waals surface area contributed by atoms with Crippen LogP contribution in [0.25, 0.3) is 33.3 Å². The number of carbonyl (C=O) groups is 10. The van der Waals surface area contributed by atoms with Crippen LogP contribution in [0.2, 0.25) is 0 Å². The molecule has 2 aliphatic heterocycles. The molecule has 512 valence electrons. The predicted molar refractivity (Wildman–Crippen MR) is 353 cm³/mol. The van der Waals surface area contributed by atoms with Gasteiger partial charge in [-0.25, -0.2) is 28.9 Å². The Kier molecular flexibility index (Phi) is 32.7. The van der Waals surface area contributed by atoms with Gasteiger partial charge >= 0.3 is 48.5 Å². The number of hydrogen-bond donors (Lipinski definition) is 3. The zero-order valence-corrected chi connectivity index (χ0v) is 54.8. The lowest BCUT2D eigenvalue weighted by atomic mass is 9.98. The number of ether oxygens (including phenoxy) is 6. The maximum absolute atomic E-state index is 12.7. The SMILES string of the molecule is C.C1CCCCC1.CC(C)OC(=O)C(CCC(=O)C=[N+]=[N-])NC(=O)OCC1c2ccccc2-c2ccccc21.CC(C)OC(=O)C(N)CCC(=O)C=[N+]=[N-].CC(C)OC(=O)C1CCC(=O)N1.CC(C)OC(=O)C1CCC(=O)N1C(=O)OCC1c2ccccc2-c2ccccc21. The fraction of sp³-hybridized carbons (Fsp3) is 0.493. The second-order valence-corrected chi connectivity index (χ2v) is 24.0. The van der Waals surface area contributed by atoms with E-state index in [9.17, 15) is 47.9 Å². The molecule has 2 heterocycles. The Morgan fingerprint density at radius 3 is 1.37 bits per heavy atom. The van der Waals surface area contributed by atoms with E-state index in [0.29, 0.717) is 12.8 Å². The van der Waals surface area contributed by atoms with E-state index < -0.39 is 66.0 Å². The van der Waals surface area contributed by atoms with Crippen molar-refractivity contribution in [3.63, 3.8) is 0 Å². The molecular formula is C71H92N8O16. The van der Waals surface area contributed by atoms with Crippen molar-refractivity contribution in [1.82, 2.24) is 15.5 Å². The van der Waals surface area contributed by atoms with E-state index in [1.807, 2.05) is 84.9 Å². The molecule has 5 aliphatic rings. The Morgan fingerprint density at radius 2 is 0.958 bits per heavy atom. The van der Waals surface area contributed by atoms with Crippen molar-refractivity contribution in [1.29, 1.82) is 0 Å². The number of nitrogens with one attached hydrogen (secondary N) is 2. The summed E-state index contributed by atoms with van der Waals surface area (Å²) in [5.41, 5.74) is 30.8. The van der Waals surface area contributed by atoms with Crippen LogP contribution in [0.3, 0.4) is 0 Å². The molecule has 0 radical (unpaired) electrons. The number of likely N-dealkylation sites (tertiary alicyclic amines) is 1. The van der Waals surface area contributed by atoms with Crippen LogP contribution in [-0.4, -0.2) is 148 Å². The Bertz CT molecular complexity index is 3280. The largest absolute Gasteiger partial charge is 0.462 e. The number of nitrogens with zero attached hydrogens (tertiary/aromatic N) is 5. The summed E-state index contributed by atoms with van der Waals surface area (Å²) in [6.45, 7) is 14.0. The summed E-state index contributed by atoms with van der Waals surface area (Å²) in [7, 11) is 0. The number of nitrogens with two attached hydrogens (primary N) is 1. The lowest BCUT2D eigenvalue weighted by molar-refractivity contribution is -0.154. The van der Waals surface area contributed by atoms with Crippen molar-refractivity contribution >= 4 is 71.9 Å². The number of esters is 4. The zero-order chi connectivity index (χ0) is 68.9. The molecule has 0 aromatic heterocycles. The monoisotopic (exact) mass is 1310 g/mol. The van der Waals surface area contributed by atoms with E-state index >= 15 is 0 Å². The molecule has 4 unspecified atom stereocenters. The lowest BCUT2D eigenvalue weighted by Crippen LogP contribution is -2.44. The van der Waals surface area contributed by atoms with Crippen LogP contribution >= 0.6 is 0 Å². The van der Waals surface area contributed by atoms with Crippen LogP contribution in [-0.2, 0) is 66.8 Å². The molecule has 9 rings (SSSR count). The van der Waals surface area contributed by atoms with Crippen molar-refractivity contribution in [2.45, 2.75) is 213 Å². The van der Waals surface area contributed by atoms with E-state index in [4.69, 9.17) is 45.2 Å². The van der Waals surface area contributed by atoms with Gasteiger partial charge in [0, 0.05) is 37.5 Å². The Labute approximate surface area is 555 Å². The second kappa shape index (κ2) is 39.9. The third kappa shape index (κ3) is 24.7. The van der Waals surface area contributed by atoms with Crippen molar-refractivity contribution < 1.29 is 85.9 Å². The van der Waals surface area contributed by atoms with Gasteiger partial charge < -0.3 is 55.9 Å². The molecule has 1 saturated carbocycles. The number of alkyl carbamates (subject to hydrolysis) is 1. The predicted octanol–water partition coefficient (Wildman–Crippen LogP) is 10.5. The summed E-state index contributed by atoms with van der Waals surface area (Å²) in [5.74, 6) is -3.65. The quantitative estimate of drug-likeness (QED) is 0.0229. The molecule has 95 heavy (non-hydrogen) atoms. The van der Waals surface area contributed by atoms with Crippen molar-refractivity contribution in [3.05, 3.63) is 130 Å². The lowest BCUT2D eigenvalue weighted by Gasteiger charge is -2.23. The van der Waals surface area contributed by atoms with Gasteiger partial charge in [-0.3, -0.25) is 24.0 Å². The molecule has 2 saturated heterocycles.